The Kier molecular flexibility index (Phi) is 2.59. The van der Waals surface area contributed by atoms with E-state index in [1.165, 1.54) is 32.0 Å². The maximum absolute atomic E-state index is 11.5. The van der Waals surface area contributed by atoms with E-state index in [1.807, 2.05) is 11.9 Å². The van der Waals surface area contributed by atoms with E-state index in [0.29, 0.717) is 12.0 Å². The van der Waals surface area contributed by atoms with Gasteiger partial charge in [-0.25, -0.2) is 0 Å². The quantitative estimate of drug-likeness (QED) is 0.605. The molecule has 1 unspecified atom stereocenters. The maximum Gasteiger partial charge on any atom is 0.245 e. The number of piperidine rings is 3. The summed E-state index contributed by atoms with van der Waals surface area (Å²) in [7, 11) is 1.90. The van der Waals surface area contributed by atoms with E-state index in [9.17, 15) is 4.79 Å². The molecular weight excluding hydrogens is 176 g/mol. The molecule has 0 aromatic rings. The van der Waals surface area contributed by atoms with Crippen molar-refractivity contribution in [2.45, 2.75) is 18.9 Å². The van der Waals surface area contributed by atoms with Crippen LogP contribution >= 0.6 is 0 Å². The van der Waals surface area contributed by atoms with E-state index in [4.69, 9.17) is 0 Å². The minimum Gasteiger partial charge on any atom is -0.338 e. The molecule has 0 aliphatic carbocycles. The molecule has 0 saturated carbocycles. The van der Waals surface area contributed by atoms with Crippen molar-refractivity contribution in [3.63, 3.8) is 0 Å². The number of likely N-dealkylation sites (N-methyl/N-ethyl adjacent to an activating group) is 1. The maximum atomic E-state index is 11.5. The molecule has 3 aliphatic rings. The van der Waals surface area contributed by atoms with Crippen LogP contribution in [0.1, 0.15) is 12.8 Å². The fraction of sp³-hybridized carbons (Fsp3) is 0.727. The summed E-state index contributed by atoms with van der Waals surface area (Å²) in [5.74, 6) is 0.776. The molecule has 0 N–H and O–H groups in total. The molecule has 3 rings (SSSR count). The summed E-state index contributed by atoms with van der Waals surface area (Å²) in [5, 5.41) is 0. The molecule has 14 heavy (non-hydrogen) atoms. The molecule has 1 atom stereocenters. The summed E-state index contributed by atoms with van der Waals surface area (Å²) in [6.45, 7) is 7.03. The Morgan fingerprint density at radius 1 is 1.50 bits per heavy atom. The van der Waals surface area contributed by atoms with Crippen molar-refractivity contribution in [3.05, 3.63) is 12.7 Å². The molecule has 0 aromatic heterocycles. The summed E-state index contributed by atoms with van der Waals surface area (Å²) < 4.78 is 0. The van der Waals surface area contributed by atoms with Crippen molar-refractivity contribution in [2.24, 2.45) is 5.92 Å². The lowest BCUT2D eigenvalue weighted by atomic mass is 9.83. The van der Waals surface area contributed by atoms with Gasteiger partial charge in [0.05, 0.1) is 0 Å². The molecule has 0 radical (unpaired) electrons. The minimum absolute atomic E-state index is 0.0590. The Balaban J connectivity index is 2.04. The summed E-state index contributed by atoms with van der Waals surface area (Å²) >= 11 is 0. The van der Waals surface area contributed by atoms with Crippen molar-refractivity contribution >= 4 is 5.91 Å². The molecular formula is C11H18N2O. The Morgan fingerprint density at radius 3 is 2.57 bits per heavy atom. The lowest BCUT2D eigenvalue weighted by Crippen LogP contribution is -2.57. The fourth-order valence-corrected chi connectivity index (χ4v) is 2.68. The van der Waals surface area contributed by atoms with Crippen LogP contribution in [-0.4, -0.2) is 48.4 Å². The summed E-state index contributed by atoms with van der Waals surface area (Å²) in [4.78, 5) is 15.8. The first-order chi connectivity index (χ1) is 6.72. The van der Waals surface area contributed by atoms with Gasteiger partial charge in [0.1, 0.15) is 0 Å². The van der Waals surface area contributed by atoms with Gasteiger partial charge in [0.15, 0.2) is 0 Å². The highest BCUT2D eigenvalue weighted by atomic mass is 16.2. The van der Waals surface area contributed by atoms with E-state index < -0.39 is 0 Å². The normalized spacial score (nSPS) is 35.4. The zero-order valence-electron chi connectivity index (χ0n) is 8.78. The average molecular weight is 194 g/mol. The van der Waals surface area contributed by atoms with Crippen molar-refractivity contribution in [1.82, 2.24) is 9.80 Å². The lowest BCUT2D eigenvalue weighted by Gasteiger charge is -2.47. The SMILES string of the molecule is C=CC(=O)N(C)C1CN2CCC1CC2. The molecule has 78 valence electrons. The molecule has 1 amide bonds. The first kappa shape index (κ1) is 9.71. The van der Waals surface area contributed by atoms with Crippen molar-refractivity contribution in [2.75, 3.05) is 26.7 Å². The predicted octanol–water partition coefficient (Wildman–Crippen LogP) is 0.725. The van der Waals surface area contributed by atoms with Gasteiger partial charge in [0.2, 0.25) is 5.91 Å². The zero-order valence-corrected chi connectivity index (χ0v) is 8.78. The standard InChI is InChI=1S/C11H18N2O/c1-3-11(14)12(2)10-8-13-6-4-9(10)5-7-13/h3,9-10H,1,4-8H2,2H3. The van der Waals surface area contributed by atoms with Gasteiger partial charge in [0, 0.05) is 19.6 Å². The van der Waals surface area contributed by atoms with Gasteiger partial charge < -0.3 is 9.80 Å². The third kappa shape index (κ3) is 1.57. The number of nitrogens with zero attached hydrogens (tertiary/aromatic N) is 2. The van der Waals surface area contributed by atoms with Crippen LogP contribution in [0.4, 0.5) is 0 Å². The summed E-state index contributed by atoms with van der Waals surface area (Å²) in [5.41, 5.74) is 0. The number of fused-ring (bicyclic) bond motifs is 3. The van der Waals surface area contributed by atoms with Gasteiger partial charge in [-0.15, -0.1) is 0 Å². The molecule has 3 fully saturated rings. The summed E-state index contributed by atoms with van der Waals surface area (Å²) in [6, 6.07) is 0.419. The van der Waals surface area contributed by atoms with Crippen LogP contribution in [0, 0.1) is 5.92 Å². The van der Waals surface area contributed by atoms with E-state index in [1.54, 1.807) is 0 Å². The Bertz CT molecular complexity index is 244. The zero-order chi connectivity index (χ0) is 10.1. The highest BCUT2D eigenvalue weighted by Gasteiger charge is 2.37. The Morgan fingerprint density at radius 2 is 2.14 bits per heavy atom. The van der Waals surface area contributed by atoms with Crippen LogP contribution < -0.4 is 0 Å². The first-order valence-corrected chi connectivity index (χ1v) is 5.34. The Hall–Kier alpha value is -0.830. The average Bonchev–Trinajstić information content (AvgIpc) is 2.28. The molecule has 3 nitrogen and oxygen atoms in total. The monoisotopic (exact) mass is 194 g/mol. The molecule has 3 aliphatic heterocycles. The largest absolute Gasteiger partial charge is 0.338 e. The predicted molar refractivity (Wildman–Crippen MR) is 55.9 cm³/mol. The van der Waals surface area contributed by atoms with Gasteiger partial charge >= 0.3 is 0 Å². The highest BCUT2D eigenvalue weighted by molar-refractivity contribution is 5.87. The van der Waals surface area contributed by atoms with Gasteiger partial charge in [-0.1, -0.05) is 6.58 Å². The van der Waals surface area contributed by atoms with Crippen LogP contribution in [0.2, 0.25) is 0 Å². The fourth-order valence-electron chi connectivity index (χ4n) is 2.68. The van der Waals surface area contributed by atoms with Crippen LogP contribution in [0.25, 0.3) is 0 Å². The van der Waals surface area contributed by atoms with Crippen LogP contribution in [0.5, 0.6) is 0 Å². The van der Waals surface area contributed by atoms with Crippen LogP contribution in [-0.2, 0) is 4.79 Å². The van der Waals surface area contributed by atoms with Crippen LogP contribution in [0.3, 0.4) is 0 Å². The second-order valence-electron chi connectivity index (χ2n) is 4.36. The van der Waals surface area contributed by atoms with E-state index >= 15 is 0 Å². The van der Waals surface area contributed by atoms with E-state index in [0.717, 1.165) is 6.54 Å². The number of rotatable bonds is 2. The first-order valence-electron chi connectivity index (χ1n) is 5.34. The van der Waals surface area contributed by atoms with E-state index in [-0.39, 0.29) is 5.91 Å². The summed E-state index contributed by atoms with van der Waals surface area (Å²) in [6.07, 6.45) is 3.91. The van der Waals surface area contributed by atoms with Gasteiger partial charge in [-0.05, 0) is 37.9 Å². The highest BCUT2D eigenvalue weighted by Crippen LogP contribution is 2.30. The van der Waals surface area contributed by atoms with Crippen molar-refractivity contribution in [3.8, 4) is 0 Å². The number of hydrogen-bond donors (Lipinski definition) is 0. The van der Waals surface area contributed by atoms with E-state index in [2.05, 4.69) is 11.5 Å². The molecule has 2 bridgehead atoms. The number of hydrogen-bond acceptors (Lipinski definition) is 2. The topological polar surface area (TPSA) is 23.6 Å². The van der Waals surface area contributed by atoms with Crippen molar-refractivity contribution in [1.29, 1.82) is 0 Å². The van der Waals surface area contributed by atoms with Gasteiger partial charge in [-0.2, -0.15) is 0 Å². The van der Waals surface area contributed by atoms with Gasteiger partial charge in [0.25, 0.3) is 0 Å². The molecule has 0 spiro atoms. The van der Waals surface area contributed by atoms with Gasteiger partial charge in [-0.3, -0.25) is 4.79 Å². The molecule has 3 heterocycles. The number of carbonyl (C=O) groups is 1. The molecule has 3 heteroatoms. The van der Waals surface area contributed by atoms with Crippen LogP contribution in [0.15, 0.2) is 12.7 Å². The number of carbonyl (C=O) groups excluding carboxylic acids is 1. The molecule has 3 saturated heterocycles. The van der Waals surface area contributed by atoms with Crippen molar-refractivity contribution < 1.29 is 4.79 Å². The second-order valence-corrected chi connectivity index (χ2v) is 4.36. The molecule has 0 aromatic carbocycles. The smallest absolute Gasteiger partial charge is 0.245 e. The Labute approximate surface area is 85.4 Å². The minimum atomic E-state index is 0.0590. The lowest BCUT2D eigenvalue weighted by molar-refractivity contribution is -0.130. The third-order valence-corrected chi connectivity index (χ3v) is 3.64. The second kappa shape index (κ2) is 3.73. The number of amides is 1. The third-order valence-electron chi connectivity index (χ3n) is 3.64.